The van der Waals surface area contributed by atoms with Crippen LogP contribution in [0.25, 0.3) is 10.6 Å². The number of nitrogen functional groups attached to an aromatic ring is 1. The number of nitrogens with two attached hydrogens (primary N) is 1. The molecule has 0 bridgehead atoms. The van der Waals surface area contributed by atoms with E-state index < -0.39 is 11.6 Å². The van der Waals surface area contributed by atoms with Gasteiger partial charge in [-0.15, -0.1) is 24.5 Å². The molecule has 0 saturated carbocycles. The maximum absolute atomic E-state index is 12.7. The molecule has 0 unspecified atom stereocenters. The van der Waals surface area contributed by atoms with Crippen molar-refractivity contribution in [2.24, 2.45) is 0 Å². The fourth-order valence-electron chi connectivity index (χ4n) is 2.27. The summed E-state index contributed by atoms with van der Waals surface area (Å²) in [6.07, 6.45) is 3.25. The molecule has 0 radical (unpaired) electrons. The van der Waals surface area contributed by atoms with E-state index >= 15 is 0 Å². The zero-order chi connectivity index (χ0) is 17.7. The standard InChI is InChI=1S/C17H20N4O2S/c1-4-8-20(9-5-2)16(22)12(3)21-17(23)13(18)11-14(19-21)15-7-6-10-24-15/h4-7,10-12H,1-2,8-9,18H2,3H3/t12-/m0/s1. The van der Waals surface area contributed by atoms with Gasteiger partial charge in [0.15, 0.2) is 0 Å². The molecule has 2 heterocycles. The molecule has 0 aliphatic rings. The van der Waals surface area contributed by atoms with Crippen molar-refractivity contribution in [3.8, 4) is 10.6 Å². The molecule has 0 aromatic carbocycles. The Bertz CT molecular complexity index is 785. The molecule has 7 heteroatoms. The highest BCUT2D eigenvalue weighted by atomic mass is 32.1. The Morgan fingerprint density at radius 3 is 2.67 bits per heavy atom. The van der Waals surface area contributed by atoms with E-state index in [-0.39, 0.29) is 11.6 Å². The van der Waals surface area contributed by atoms with Gasteiger partial charge in [0.1, 0.15) is 17.4 Å². The van der Waals surface area contributed by atoms with Gasteiger partial charge in [0, 0.05) is 13.1 Å². The first-order valence-corrected chi connectivity index (χ1v) is 8.31. The van der Waals surface area contributed by atoms with E-state index in [1.165, 1.54) is 17.4 Å². The van der Waals surface area contributed by atoms with Crippen LogP contribution in [0.1, 0.15) is 13.0 Å². The summed E-state index contributed by atoms with van der Waals surface area (Å²) in [6.45, 7) is 9.65. The number of thiophene rings is 1. The summed E-state index contributed by atoms with van der Waals surface area (Å²) >= 11 is 1.49. The number of carbonyl (C=O) groups excluding carboxylic acids is 1. The van der Waals surface area contributed by atoms with Gasteiger partial charge in [-0.25, -0.2) is 4.68 Å². The lowest BCUT2D eigenvalue weighted by molar-refractivity contribution is -0.133. The van der Waals surface area contributed by atoms with Gasteiger partial charge in [-0.3, -0.25) is 9.59 Å². The van der Waals surface area contributed by atoms with Crippen LogP contribution in [0.2, 0.25) is 0 Å². The summed E-state index contributed by atoms with van der Waals surface area (Å²) in [5.41, 5.74) is 5.99. The van der Waals surface area contributed by atoms with Crippen molar-refractivity contribution in [2.45, 2.75) is 13.0 Å². The predicted molar refractivity (Wildman–Crippen MR) is 97.9 cm³/mol. The van der Waals surface area contributed by atoms with Gasteiger partial charge in [-0.05, 0) is 24.4 Å². The van der Waals surface area contributed by atoms with Crippen molar-refractivity contribution in [1.29, 1.82) is 0 Å². The van der Waals surface area contributed by atoms with E-state index in [4.69, 9.17) is 5.73 Å². The molecule has 1 atom stereocenters. The summed E-state index contributed by atoms with van der Waals surface area (Å²) in [4.78, 5) is 27.4. The van der Waals surface area contributed by atoms with Crippen LogP contribution < -0.4 is 11.3 Å². The fourth-order valence-corrected chi connectivity index (χ4v) is 2.96. The quantitative estimate of drug-likeness (QED) is 0.782. The van der Waals surface area contributed by atoms with Crippen LogP contribution in [0.4, 0.5) is 5.69 Å². The molecule has 2 aromatic heterocycles. The van der Waals surface area contributed by atoms with E-state index in [0.717, 1.165) is 9.56 Å². The Kier molecular flexibility index (Phi) is 5.70. The molecule has 1 amide bonds. The van der Waals surface area contributed by atoms with Crippen molar-refractivity contribution < 1.29 is 4.79 Å². The molecule has 2 rings (SSSR count). The van der Waals surface area contributed by atoms with Crippen LogP contribution in [0.5, 0.6) is 0 Å². The van der Waals surface area contributed by atoms with E-state index in [0.29, 0.717) is 18.8 Å². The number of carbonyl (C=O) groups is 1. The number of hydrogen-bond acceptors (Lipinski definition) is 5. The number of nitrogens with zero attached hydrogens (tertiary/aromatic N) is 3. The van der Waals surface area contributed by atoms with Crippen molar-refractivity contribution in [3.05, 3.63) is 59.2 Å². The van der Waals surface area contributed by atoms with Crippen molar-refractivity contribution in [1.82, 2.24) is 14.7 Å². The number of anilines is 1. The third-order valence-electron chi connectivity index (χ3n) is 3.47. The smallest absolute Gasteiger partial charge is 0.290 e. The van der Waals surface area contributed by atoms with Crippen molar-refractivity contribution in [2.75, 3.05) is 18.8 Å². The van der Waals surface area contributed by atoms with Gasteiger partial charge in [0.05, 0.1) is 4.88 Å². The van der Waals surface area contributed by atoms with Gasteiger partial charge in [0.2, 0.25) is 5.91 Å². The molecule has 0 spiro atoms. The Morgan fingerprint density at radius 1 is 1.46 bits per heavy atom. The van der Waals surface area contributed by atoms with Gasteiger partial charge in [-0.1, -0.05) is 18.2 Å². The molecule has 2 N–H and O–H groups in total. The monoisotopic (exact) mass is 344 g/mol. The first-order chi connectivity index (χ1) is 11.5. The highest BCUT2D eigenvalue weighted by Crippen LogP contribution is 2.23. The second-order valence-electron chi connectivity index (χ2n) is 5.21. The summed E-state index contributed by atoms with van der Waals surface area (Å²) < 4.78 is 1.14. The Morgan fingerprint density at radius 2 is 2.12 bits per heavy atom. The molecular formula is C17H20N4O2S. The van der Waals surface area contributed by atoms with E-state index in [1.54, 1.807) is 24.0 Å². The van der Waals surface area contributed by atoms with Gasteiger partial charge < -0.3 is 10.6 Å². The summed E-state index contributed by atoms with van der Waals surface area (Å²) in [6, 6.07) is 4.53. The van der Waals surface area contributed by atoms with Gasteiger partial charge in [-0.2, -0.15) is 5.10 Å². The normalized spacial score (nSPS) is 11.7. The highest BCUT2D eigenvalue weighted by Gasteiger charge is 2.23. The lowest BCUT2D eigenvalue weighted by Gasteiger charge is -2.24. The molecule has 24 heavy (non-hydrogen) atoms. The zero-order valence-electron chi connectivity index (χ0n) is 13.5. The van der Waals surface area contributed by atoms with E-state index in [2.05, 4.69) is 18.3 Å². The average Bonchev–Trinajstić information content (AvgIpc) is 3.10. The lowest BCUT2D eigenvalue weighted by Crippen LogP contribution is -2.41. The molecule has 0 aliphatic carbocycles. The van der Waals surface area contributed by atoms with E-state index in [1.807, 2.05) is 17.5 Å². The molecular weight excluding hydrogens is 324 g/mol. The van der Waals surface area contributed by atoms with Crippen molar-refractivity contribution >= 4 is 22.9 Å². The van der Waals surface area contributed by atoms with Crippen LogP contribution in [-0.2, 0) is 4.79 Å². The summed E-state index contributed by atoms with van der Waals surface area (Å²) in [7, 11) is 0. The molecule has 2 aromatic rings. The molecule has 0 saturated heterocycles. The van der Waals surface area contributed by atoms with Crippen LogP contribution in [0, 0.1) is 0 Å². The molecule has 0 aliphatic heterocycles. The Hall–Kier alpha value is -2.67. The number of rotatable bonds is 7. The minimum atomic E-state index is -0.778. The molecule has 126 valence electrons. The fraction of sp³-hybridized carbons (Fsp3) is 0.235. The predicted octanol–water partition coefficient (Wildman–Crippen LogP) is 2.32. The minimum Gasteiger partial charge on any atom is -0.394 e. The molecule has 0 fully saturated rings. The number of aromatic nitrogens is 2. The Balaban J connectivity index is 2.42. The largest absolute Gasteiger partial charge is 0.394 e. The third kappa shape index (κ3) is 3.62. The van der Waals surface area contributed by atoms with Crippen LogP contribution in [0.15, 0.2) is 53.7 Å². The first-order valence-electron chi connectivity index (χ1n) is 7.43. The van der Waals surface area contributed by atoms with Crippen molar-refractivity contribution in [3.63, 3.8) is 0 Å². The maximum Gasteiger partial charge on any atom is 0.290 e. The topological polar surface area (TPSA) is 81.2 Å². The lowest BCUT2D eigenvalue weighted by atomic mass is 10.2. The van der Waals surface area contributed by atoms with Crippen LogP contribution >= 0.6 is 11.3 Å². The van der Waals surface area contributed by atoms with Crippen LogP contribution in [-0.4, -0.2) is 33.7 Å². The maximum atomic E-state index is 12.7. The van der Waals surface area contributed by atoms with Gasteiger partial charge in [0.25, 0.3) is 5.56 Å². The minimum absolute atomic E-state index is 0.0621. The van der Waals surface area contributed by atoms with Crippen LogP contribution in [0.3, 0.4) is 0 Å². The van der Waals surface area contributed by atoms with E-state index in [9.17, 15) is 9.59 Å². The average molecular weight is 344 g/mol. The third-order valence-corrected chi connectivity index (χ3v) is 4.36. The number of hydrogen-bond donors (Lipinski definition) is 1. The molecule has 6 nitrogen and oxygen atoms in total. The summed E-state index contributed by atoms with van der Waals surface area (Å²) in [5, 5.41) is 6.24. The van der Waals surface area contributed by atoms with Gasteiger partial charge >= 0.3 is 0 Å². The second kappa shape index (κ2) is 7.74. The first kappa shape index (κ1) is 17.7. The highest BCUT2D eigenvalue weighted by molar-refractivity contribution is 7.13. The second-order valence-corrected chi connectivity index (χ2v) is 6.16. The Labute approximate surface area is 144 Å². The SMILES string of the molecule is C=CCN(CC=C)C(=O)[C@H](C)n1nc(-c2cccs2)cc(N)c1=O. The zero-order valence-corrected chi connectivity index (χ0v) is 14.3. The number of amides is 1. The summed E-state index contributed by atoms with van der Waals surface area (Å²) in [5.74, 6) is -0.243.